The second-order valence-corrected chi connectivity index (χ2v) is 6.73. The number of amides is 1. The van der Waals surface area contributed by atoms with Crippen LogP contribution in [0.2, 0.25) is 0 Å². The van der Waals surface area contributed by atoms with E-state index in [0.717, 1.165) is 41.7 Å². The third-order valence-electron chi connectivity index (χ3n) is 4.66. The van der Waals surface area contributed by atoms with E-state index in [1.54, 1.807) is 0 Å². The molecule has 0 fully saturated rings. The number of aromatic nitrogens is 2. The smallest absolute Gasteiger partial charge is 0.243 e. The summed E-state index contributed by atoms with van der Waals surface area (Å²) in [6.45, 7) is 5.62. The maximum absolute atomic E-state index is 11.3. The zero-order valence-electron chi connectivity index (χ0n) is 15.5. The minimum Gasteiger partial charge on any atom is -0.457 e. The number of nitrogens with zero attached hydrogens (tertiary/aromatic N) is 2. The Morgan fingerprint density at radius 3 is 2.71 bits per heavy atom. The van der Waals surface area contributed by atoms with Gasteiger partial charge >= 0.3 is 0 Å². The Bertz CT molecular complexity index is 964. The fourth-order valence-corrected chi connectivity index (χ4v) is 3.17. The summed E-state index contributed by atoms with van der Waals surface area (Å²) in [5, 5.41) is 10.9. The third kappa shape index (κ3) is 4.06. The number of hydrogen-bond donors (Lipinski definition) is 2. The zero-order chi connectivity index (χ0) is 19.3. The molecular weight excluding hydrogens is 352 g/mol. The van der Waals surface area contributed by atoms with Gasteiger partial charge in [-0.1, -0.05) is 24.8 Å². The van der Waals surface area contributed by atoms with Crippen molar-refractivity contribution in [1.82, 2.24) is 15.1 Å². The Hall–Kier alpha value is -3.54. The summed E-state index contributed by atoms with van der Waals surface area (Å²) in [6, 6.07) is 19.7. The van der Waals surface area contributed by atoms with E-state index < -0.39 is 0 Å². The van der Waals surface area contributed by atoms with Crippen molar-refractivity contribution in [3.05, 3.63) is 73.3 Å². The van der Waals surface area contributed by atoms with Crippen LogP contribution in [0.15, 0.2) is 73.3 Å². The van der Waals surface area contributed by atoms with Crippen LogP contribution in [0, 0.1) is 5.92 Å². The summed E-state index contributed by atoms with van der Waals surface area (Å²) < 4.78 is 7.80. The van der Waals surface area contributed by atoms with Crippen molar-refractivity contribution < 1.29 is 9.53 Å². The van der Waals surface area contributed by atoms with Crippen LogP contribution >= 0.6 is 0 Å². The van der Waals surface area contributed by atoms with Gasteiger partial charge in [-0.3, -0.25) is 4.79 Å². The highest BCUT2D eigenvalue weighted by molar-refractivity contribution is 5.86. The molecule has 3 aromatic rings. The Kier molecular flexibility index (Phi) is 5.10. The molecule has 1 amide bonds. The molecule has 1 unspecified atom stereocenters. The number of rotatable bonds is 6. The number of benzene rings is 2. The van der Waals surface area contributed by atoms with Crippen molar-refractivity contribution in [2.75, 3.05) is 18.4 Å². The van der Waals surface area contributed by atoms with Crippen LogP contribution in [-0.4, -0.2) is 28.8 Å². The van der Waals surface area contributed by atoms with Gasteiger partial charge in [0.1, 0.15) is 17.3 Å². The van der Waals surface area contributed by atoms with E-state index in [0.29, 0.717) is 6.54 Å². The summed E-state index contributed by atoms with van der Waals surface area (Å²) >= 11 is 0. The number of para-hydroxylation sites is 1. The molecule has 1 aromatic heterocycles. The highest BCUT2D eigenvalue weighted by Crippen LogP contribution is 2.28. The first-order valence-electron chi connectivity index (χ1n) is 9.26. The Labute approximate surface area is 163 Å². The molecule has 1 aliphatic rings. The fourth-order valence-electron chi connectivity index (χ4n) is 3.17. The fraction of sp³-hybridized carbons (Fsp3) is 0.182. The molecule has 1 atom stereocenters. The van der Waals surface area contributed by atoms with Gasteiger partial charge in [-0.15, -0.1) is 0 Å². The molecule has 0 spiro atoms. The van der Waals surface area contributed by atoms with E-state index >= 15 is 0 Å². The molecule has 0 saturated heterocycles. The van der Waals surface area contributed by atoms with E-state index in [4.69, 9.17) is 9.84 Å². The van der Waals surface area contributed by atoms with Crippen molar-refractivity contribution in [3.63, 3.8) is 0 Å². The molecule has 28 heavy (non-hydrogen) atoms. The molecule has 2 aromatic carbocycles. The number of nitrogens with one attached hydrogen (secondary N) is 2. The monoisotopic (exact) mass is 374 g/mol. The first-order valence-corrected chi connectivity index (χ1v) is 9.26. The van der Waals surface area contributed by atoms with E-state index in [1.165, 1.54) is 6.08 Å². The van der Waals surface area contributed by atoms with Gasteiger partial charge in [0.05, 0.1) is 5.69 Å². The normalized spacial score (nSPS) is 15.2. The van der Waals surface area contributed by atoms with Crippen LogP contribution in [0.5, 0.6) is 11.5 Å². The minimum absolute atomic E-state index is 0.148. The lowest BCUT2D eigenvalue weighted by Gasteiger charge is -2.24. The Morgan fingerprint density at radius 1 is 1.21 bits per heavy atom. The van der Waals surface area contributed by atoms with Crippen molar-refractivity contribution in [2.24, 2.45) is 5.92 Å². The lowest BCUT2D eigenvalue weighted by molar-refractivity contribution is -0.116. The molecule has 0 aliphatic carbocycles. The number of carbonyl (C=O) groups is 1. The lowest BCUT2D eigenvalue weighted by atomic mass is 10.1. The van der Waals surface area contributed by atoms with Crippen molar-refractivity contribution in [3.8, 4) is 22.8 Å². The molecule has 1 aliphatic heterocycles. The van der Waals surface area contributed by atoms with E-state index in [1.807, 2.05) is 65.3 Å². The summed E-state index contributed by atoms with van der Waals surface area (Å²) in [5.74, 6) is 2.73. The predicted molar refractivity (Wildman–Crippen MR) is 109 cm³/mol. The quantitative estimate of drug-likeness (QED) is 0.646. The van der Waals surface area contributed by atoms with Gasteiger partial charge in [-0.2, -0.15) is 5.10 Å². The molecule has 0 radical (unpaired) electrons. The number of carbonyl (C=O) groups excluding carboxylic acids is 1. The molecule has 142 valence electrons. The van der Waals surface area contributed by atoms with E-state index in [-0.39, 0.29) is 11.8 Å². The van der Waals surface area contributed by atoms with Gasteiger partial charge in [0.25, 0.3) is 0 Å². The third-order valence-corrected chi connectivity index (χ3v) is 4.66. The standard InChI is InChI=1S/C22H22N4O2/c1-2-22(27)24-14-16-13-23-21-12-20(25-26(21)15-16)17-8-10-19(11-9-17)28-18-6-4-3-5-7-18/h2-12,16,23H,1,13-15H2,(H,24,27). The topological polar surface area (TPSA) is 68.2 Å². The van der Waals surface area contributed by atoms with Crippen LogP contribution in [0.25, 0.3) is 11.3 Å². The molecule has 0 saturated carbocycles. The van der Waals surface area contributed by atoms with E-state index in [2.05, 4.69) is 17.2 Å². The largest absolute Gasteiger partial charge is 0.457 e. The Balaban J connectivity index is 1.43. The van der Waals surface area contributed by atoms with Crippen LogP contribution in [0.1, 0.15) is 0 Å². The van der Waals surface area contributed by atoms with Crippen LogP contribution < -0.4 is 15.4 Å². The molecule has 4 rings (SSSR count). The number of fused-ring (bicyclic) bond motifs is 1. The lowest BCUT2D eigenvalue weighted by Crippen LogP contribution is -2.37. The van der Waals surface area contributed by atoms with Gasteiger partial charge in [0.15, 0.2) is 0 Å². The SMILES string of the molecule is C=CC(=O)NCC1CNc2cc(-c3ccc(Oc4ccccc4)cc3)nn2C1. The average Bonchev–Trinajstić information content (AvgIpc) is 3.16. The molecular formula is C22H22N4O2. The highest BCUT2D eigenvalue weighted by atomic mass is 16.5. The predicted octanol–water partition coefficient (Wildman–Crippen LogP) is 3.69. The maximum atomic E-state index is 11.3. The number of ether oxygens (including phenoxy) is 1. The number of hydrogen-bond acceptors (Lipinski definition) is 4. The first kappa shape index (κ1) is 17.9. The Morgan fingerprint density at radius 2 is 1.96 bits per heavy atom. The first-order chi connectivity index (χ1) is 13.7. The summed E-state index contributed by atoms with van der Waals surface area (Å²) in [4.78, 5) is 11.3. The van der Waals surface area contributed by atoms with Gasteiger partial charge in [-0.05, 0) is 42.5 Å². The van der Waals surface area contributed by atoms with Crippen LogP contribution in [-0.2, 0) is 11.3 Å². The van der Waals surface area contributed by atoms with Gasteiger partial charge < -0.3 is 15.4 Å². The molecule has 2 N–H and O–H groups in total. The minimum atomic E-state index is -0.148. The highest BCUT2D eigenvalue weighted by Gasteiger charge is 2.20. The zero-order valence-corrected chi connectivity index (χ0v) is 15.5. The second kappa shape index (κ2) is 8.00. The average molecular weight is 374 g/mol. The van der Waals surface area contributed by atoms with Crippen molar-refractivity contribution in [1.29, 1.82) is 0 Å². The molecule has 0 bridgehead atoms. The van der Waals surface area contributed by atoms with Gasteiger partial charge in [0.2, 0.25) is 5.91 Å². The van der Waals surface area contributed by atoms with Gasteiger partial charge in [0, 0.05) is 37.2 Å². The molecule has 2 heterocycles. The van der Waals surface area contributed by atoms with Gasteiger partial charge in [-0.25, -0.2) is 4.68 Å². The van der Waals surface area contributed by atoms with E-state index in [9.17, 15) is 4.79 Å². The summed E-state index contributed by atoms with van der Waals surface area (Å²) in [7, 11) is 0. The molecule has 6 heteroatoms. The summed E-state index contributed by atoms with van der Waals surface area (Å²) in [6.07, 6.45) is 1.29. The van der Waals surface area contributed by atoms with Crippen molar-refractivity contribution in [2.45, 2.75) is 6.54 Å². The maximum Gasteiger partial charge on any atom is 0.243 e. The molecule has 6 nitrogen and oxygen atoms in total. The van der Waals surface area contributed by atoms with Crippen molar-refractivity contribution >= 4 is 11.7 Å². The second-order valence-electron chi connectivity index (χ2n) is 6.73. The number of anilines is 1. The summed E-state index contributed by atoms with van der Waals surface area (Å²) in [5.41, 5.74) is 1.94. The van der Waals surface area contributed by atoms with Crippen LogP contribution in [0.4, 0.5) is 5.82 Å². The van der Waals surface area contributed by atoms with Crippen LogP contribution in [0.3, 0.4) is 0 Å².